The number of nitrogens with one attached hydrogen (secondary N) is 2. The molecule has 1 aliphatic heterocycles. The van der Waals surface area contributed by atoms with Crippen LogP contribution in [0, 0.1) is 6.92 Å². The van der Waals surface area contributed by atoms with Crippen LogP contribution in [0.15, 0.2) is 35.3 Å². The van der Waals surface area contributed by atoms with Gasteiger partial charge in [0, 0.05) is 49.7 Å². The lowest BCUT2D eigenvalue weighted by atomic mass is 10.1. The van der Waals surface area contributed by atoms with Crippen LogP contribution in [0.25, 0.3) is 22.4 Å². The van der Waals surface area contributed by atoms with Crippen LogP contribution in [0.2, 0.25) is 0 Å². The molecule has 24 heavy (non-hydrogen) atoms. The molecule has 3 heterocycles. The van der Waals surface area contributed by atoms with Gasteiger partial charge in [0.1, 0.15) is 5.82 Å². The predicted octanol–water partition coefficient (Wildman–Crippen LogP) is 1.98. The Morgan fingerprint density at radius 2 is 1.92 bits per heavy atom. The SMILES string of the molecule is Cc1cc(N2CCN(C)CC2)cc2[nH]c(-c3ccc(=O)[nH]c3)nc12. The summed E-state index contributed by atoms with van der Waals surface area (Å²) in [4.78, 5) is 26.8. The van der Waals surface area contributed by atoms with Crippen LogP contribution in [-0.2, 0) is 0 Å². The molecule has 0 unspecified atom stereocenters. The largest absolute Gasteiger partial charge is 0.369 e. The summed E-state index contributed by atoms with van der Waals surface area (Å²) in [5.41, 5.74) is 5.19. The third-order valence-corrected chi connectivity index (χ3v) is 4.69. The van der Waals surface area contributed by atoms with Gasteiger partial charge in [0.15, 0.2) is 0 Å². The van der Waals surface area contributed by atoms with Gasteiger partial charge in [0.25, 0.3) is 0 Å². The van der Waals surface area contributed by atoms with Crippen molar-refractivity contribution in [2.24, 2.45) is 0 Å². The van der Waals surface area contributed by atoms with E-state index < -0.39 is 0 Å². The highest BCUT2D eigenvalue weighted by Crippen LogP contribution is 2.27. The van der Waals surface area contributed by atoms with Crippen molar-refractivity contribution in [1.82, 2.24) is 19.9 Å². The number of pyridine rings is 1. The number of fused-ring (bicyclic) bond motifs is 1. The van der Waals surface area contributed by atoms with Crippen LogP contribution in [0.3, 0.4) is 0 Å². The molecule has 0 amide bonds. The van der Waals surface area contributed by atoms with E-state index in [1.54, 1.807) is 12.3 Å². The number of hydrogen-bond donors (Lipinski definition) is 2. The van der Waals surface area contributed by atoms with Crippen molar-refractivity contribution in [3.63, 3.8) is 0 Å². The predicted molar refractivity (Wildman–Crippen MR) is 96.6 cm³/mol. The maximum atomic E-state index is 11.2. The van der Waals surface area contributed by atoms with Gasteiger partial charge in [-0.2, -0.15) is 0 Å². The summed E-state index contributed by atoms with van der Waals surface area (Å²) >= 11 is 0. The summed E-state index contributed by atoms with van der Waals surface area (Å²) in [6, 6.07) is 7.69. The number of benzene rings is 1. The number of aryl methyl sites for hydroxylation is 1. The lowest BCUT2D eigenvalue weighted by Crippen LogP contribution is -2.44. The summed E-state index contributed by atoms with van der Waals surface area (Å²) < 4.78 is 0. The smallest absolute Gasteiger partial charge is 0.247 e. The minimum atomic E-state index is -0.108. The van der Waals surface area contributed by atoms with E-state index in [1.165, 1.54) is 11.8 Å². The standard InChI is InChI=1S/C18H21N5O/c1-12-9-14(23-7-5-22(2)6-8-23)10-15-17(12)21-18(20-15)13-3-4-16(24)19-11-13/h3-4,9-11H,5-8H2,1-2H3,(H,19,24)(H,20,21). The van der Waals surface area contributed by atoms with Crippen molar-refractivity contribution in [2.45, 2.75) is 6.92 Å². The topological polar surface area (TPSA) is 68.0 Å². The molecule has 0 atom stereocenters. The fourth-order valence-electron chi connectivity index (χ4n) is 3.21. The Kier molecular flexibility index (Phi) is 3.61. The monoisotopic (exact) mass is 323 g/mol. The summed E-state index contributed by atoms with van der Waals surface area (Å²) in [5.74, 6) is 0.778. The van der Waals surface area contributed by atoms with Gasteiger partial charge in [-0.3, -0.25) is 4.79 Å². The molecule has 0 spiro atoms. The van der Waals surface area contributed by atoms with Gasteiger partial charge in [0.2, 0.25) is 5.56 Å². The molecule has 4 rings (SSSR count). The highest BCUT2D eigenvalue weighted by atomic mass is 16.1. The number of imidazole rings is 1. The molecule has 2 N–H and O–H groups in total. The zero-order chi connectivity index (χ0) is 16.7. The molecule has 6 heteroatoms. The molecule has 0 saturated carbocycles. The first kappa shape index (κ1) is 15.0. The molecule has 6 nitrogen and oxygen atoms in total. The number of aromatic nitrogens is 3. The van der Waals surface area contributed by atoms with Crippen LogP contribution in [0.1, 0.15) is 5.56 Å². The summed E-state index contributed by atoms with van der Waals surface area (Å²) in [7, 11) is 2.16. The molecule has 3 aromatic rings. The van der Waals surface area contributed by atoms with Crippen LogP contribution in [-0.4, -0.2) is 53.1 Å². The van der Waals surface area contributed by atoms with Gasteiger partial charge in [-0.1, -0.05) is 0 Å². The lowest BCUT2D eigenvalue weighted by molar-refractivity contribution is 0.313. The number of aromatic amines is 2. The van der Waals surface area contributed by atoms with Crippen molar-refractivity contribution in [3.05, 3.63) is 46.4 Å². The number of anilines is 1. The van der Waals surface area contributed by atoms with Gasteiger partial charge < -0.3 is 19.8 Å². The molecule has 0 bridgehead atoms. The normalized spacial score (nSPS) is 16.0. The number of hydrogen-bond acceptors (Lipinski definition) is 4. The second-order valence-electron chi connectivity index (χ2n) is 6.48. The Bertz CT molecular complexity index is 914. The zero-order valence-corrected chi connectivity index (χ0v) is 14.0. The summed E-state index contributed by atoms with van der Waals surface area (Å²) in [5, 5.41) is 0. The van der Waals surface area contributed by atoms with E-state index in [0.717, 1.165) is 54.2 Å². The van der Waals surface area contributed by atoms with E-state index in [9.17, 15) is 4.79 Å². The van der Waals surface area contributed by atoms with Crippen LogP contribution >= 0.6 is 0 Å². The second kappa shape index (κ2) is 5.79. The van der Waals surface area contributed by atoms with Gasteiger partial charge in [-0.25, -0.2) is 4.98 Å². The molecule has 1 saturated heterocycles. The van der Waals surface area contributed by atoms with Gasteiger partial charge in [-0.15, -0.1) is 0 Å². The Labute approximate surface area is 140 Å². The summed E-state index contributed by atoms with van der Waals surface area (Å²) in [6.45, 7) is 6.36. The Morgan fingerprint density at radius 3 is 2.62 bits per heavy atom. The average molecular weight is 323 g/mol. The van der Waals surface area contributed by atoms with E-state index in [0.29, 0.717) is 0 Å². The van der Waals surface area contributed by atoms with Crippen LogP contribution in [0.5, 0.6) is 0 Å². The van der Waals surface area contributed by atoms with Crippen molar-refractivity contribution in [1.29, 1.82) is 0 Å². The third-order valence-electron chi connectivity index (χ3n) is 4.69. The molecule has 1 fully saturated rings. The van der Waals surface area contributed by atoms with Crippen molar-refractivity contribution >= 4 is 16.7 Å². The zero-order valence-electron chi connectivity index (χ0n) is 14.0. The molecule has 0 aliphatic carbocycles. The number of likely N-dealkylation sites (N-methyl/N-ethyl adjacent to an activating group) is 1. The molecule has 1 aliphatic rings. The molecule has 0 radical (unpaired) electrons. The molecular formula is C18H21N5O. The van der Waals surface area contributed by atoms with Gasteiger partial charge in [-0.05, 0) is 37.7 Å². The number of piperazine rings is 1. The fourth-order valence-corrected chi connectivity index (χ4v) is 3.21. The highest BCUT2D eigenvalue weighted by molar-refractivity contribution is 5.85. The van der Waals surface area contributed by atoms with Crippen molar-refractivity contribution in [3.8, 4) is 11.4 Å². The molecule has 1 aromatic carbocycles. The van der Waals surface area contributed by atoms with Gasteiger partial charge in [0.05, 0.1) is 11.0 Å². The number of rotatable bonds is 2. The fraction of sp³-hybridized carbons (Fsp3) is 0.333. The minimum absolute atomic E-state index is 0.108. The average Bonchev–Trinajstić information content (AvgIpc) is 3.01. The van der Waals surface area contributed by atoms with E-state index in [2.05, 4.69) is 45.9 Å². The minimum Gasteiger partial charge on any atom is -0.369 e. The Balaban J connectivity index is 1.72. The van der Waals surface area contributed by atoms with Gasteiger partial charge >= 0.3 is 0 Å². The van der Waals surface area contributed by atoms with E-state index in [4.69, 9.17) is 4.98 Å². The molecule has 2 aromatic heterocycles. The lowest BCUT2D eigenvalue weighted by Gasteiger charge is -2.34. The maximum Gasteiger partial charge on any atom is 0.247 e. The van der Waals surface area contributed by atoms with E-state index >= 15 is 0 Å². The maximum absolute atomic E-state index is 11.2. The molecular weight excluding hydrogens is 302 g/mol. The first-order chi connectivity index (χ1) is 11.6. The highest BCUT2D eigenvalue weighted by Gasteiger charge is 2.16. The van der Waals surface area contributed by atoms with Crippen LogP contribution < -0.4 is 10.5 Å². The number of H-pyrrole nitrogens is 2. The second-order valence-corrected chi connectivity index (χ2v) is 6.48. The first-order valence-corrected chi connectivity index (χ1v) is 8.23. The van der Waals surface area contributed by atoms with E-state index in [1.807, 2.05) is 0 Å². The van der Waals surface area contributed by atoms with Crippen molar-refractivity contribution < 1.29 is 0 Å². The van der Waals surface area contributed by atoms with Crippen molar-refractivity contribution in [2.75, 3.05) is 38.1 Å². The Morgan fingerprint density at radius 1 is 1.12 bits per heavy atom. The van der Waals surface area contributed by atoms with E-state index in [-0.39, 0.29) is 5.56 Å². The Hall–Kier alpha value is -2.60. The number of nitrogens with zero attached hydrogens (tertiary/aromatic N) is 3. The third kappa shape index (κ3) is 2.69. The molecule has 124 valence electrons. The summed E-state index contributed by atoms with van der Waals surface area (Å²) in [6.07, 6.45) is 1.69. The van der Waals surface area contributed by atoms with Crippen LogP contribution in [0.4, 0.5) is 5.69 Å². The first-order valence-electron chi connectivity index (χ1n) is 8.23. The quantitative estimate of drug-likeness (QED) is 0.757.